The van der Waals surface area contributed by atoms with Gasteiger partial charge in [-0.2, -0.15) is 13.2 Å². The fourth-order valence-corrected chi connectivity index (χ4v) is 3.84. The summed E-state index contributed by atoms with van der Waals surface area (Å²) in [6, 6.07) is 5.33. The molecule has 0 aromatic heterocycles. The normalized spacial score (nSPS) is 20.2. The summed E-state index contributed by atoms with van der Waals surface area (Å²) in [4.78, 5) is 0. The zero-order chi connectivity index (χ0) is 22.8. The van der Waals surface area contributed by atoms with Gasteiger partial charge in [0.15, 0.2) is 0 Å². The molecule has 1 heterocycles. The largest absolute Gasteiger partial charge is 0.412 e. The van der Waals surface area contributed by atoms with E-state index in [0.717, 1.165) is 25.7 Å². The number of hydrogen-bond donors (Lipinski definition) is 0. The molecule has 2 aromatic rings. The van der Waals surface area contributed by atoms with Crippen molar-refractivity contribution in [2.75, 3.05) is 6.61 Å². The van der Waals surface area contributed by atoms with Gasteiger partial charge in [-0.15, -0.1) is 0 Å². The molecule has 2 aromatic carbocycles. The number of alkyl halides is 3. The molecule has 1 aliphatic heterocycles. The molecule has 0 bridgehead atoms. The van der Waals surface area contributed by atoms with Crippen molar-refractivity contribution in [1.29, 1.82) is 0 Å². The molecular weight excluding hydrogens is 425 g/mol. The summed E-state index contributed by atoms with van der Waals surface area (Å²) < 4.78 is 99.4. The van der Waals surface area contributed by atoms with Crippen LogP contribution in [0.25, 0.3) is 17.0 Å². The maximum Gasteiger partial charge on any atom is 0.412 e. The van der Waals surface area contributed by atoms with E-state index in [1.165, 1.54) is 12.1 Å². The summed E-state index contributed by atoms with van der Waals surface area (Å²) in [6.45, 7) is 2.68. The minimum absolute atomic E-state index is 0.159. The first-order valence-corrected chi connectivity index (χ1v) is 9.95. The lowest BCUT2D eigenvalue weighted by molar-refractivity contribution is -0.0798. The molecule has 0 N–H and O–H groups in total. The molecule has 3 rings (SSSR count). The molecule has 168 valence electrons. The molecule has 1 nitrogen and oxygen atoms in total. The van der Waals surface area contributed by atoms with E-state index in [-0.39, 0.29) is 17.2 Å². The quantitative estimate of drug-likeness (QED) is 0.424. The molecular formula is C23H21F7O. The Bertz CT molecular complexity index is 934. The first-order valence-electron chi connectivity index (χ1n) is 9.95. The highest BCUT2D eigenvalue weighted by Crippen LogP contribution is 2.36. The van der Waals surface area contributed by atoms with E-state index >= 15 is 0 Å². The van der Waals surface area contributed by atoms with Crippen LogP contribution in [0.5, 0.6) is 0 Å². The smallest absolute Gasteiger partial charge is 0.373 e. The summed E-state index contributed by atoms with van der Waals surface area (Å²) in [5, 5.41) is 0. The van der Waals surface area contributed by atoms with Gasteiger partial charge in [0, 0.05) is 5.56 Å². The second kappa shape index (κ2) is 9.42. The number of hydrogen-bond acceptors (Lipinski definition) is 1. The van der Waals surface area contributed by atoms with Crippen LogP contribution < -0.4 is 0 Å². The Morgan fingerprint density at radius 1 is 1.03 bits per heavy atom. The van der Waals surface area contributed by atoms with Gasteiger partial charge in [0.2, 0.25) is 0 Å². The minimum atomic E-state index is -5.08. The average molecular weight is 446 g/mol. The molecule has 1 fully saturated rings. The Morgan fingerprint density at radius 2 is 1.71 bits per heavy atom. The van der Waals surface area contributed by atoms with Crippen LogP contribution in [0.3, 0.4) is 0 Å². The lowest BCUT2D eigenvalue weighted by Crippen LogP contribution is -2.20. The summed E-state index contributed by atoms with van der Waals surface area (Å²) in [5.74, 6) is -5.51. The summed E-state index contributed by atoms with van der Waals surface area (Å²) in [6.07, 6.45) is -2.40. The molecule has 1 saturated heterocycles. The van der Waals surface area contributed by atoms with E-state index < -0.39 is 41.1 Å². The van der Waals surface area contributed by atoms with Crippen molar-refractivity contribution in [1.82, 2.24) is 0 Å². The molecule has 1 aliphatic rings. The lowest BCUT2D eigenvalue weighted by atomic mass is 9.91. The van der Waals surface area contributed by atoms with E-state index in [9.17, 15) is 30.7 Å². The zero-order valence-electron chi connectivity index (χ0n) is 16.7. The number of allylic oxidation sites excluding steroid dienone is 1. The van der Waals surface area contributed by atoms with Crippen LogP contribution in [0.1, 0.15) is 49.8 Å². The first kappa shape index (κ1) is 23.3. The molecule has 8 heteroatoms. The third-order valence-corrected chi connectivity index (χ3v) is 5.31. The van der Waals surface area contributed by atoms with Crippen molar-refractivity contribution in [3.05, 3.63) is 65.0 Å². The molecule has 0 amide bonds. The van der Waals surface area contributed by atoms with Gasteiger partial charge in [-0.1, -0.05) is 25.5 Å². The average Bonchev–Trinajstić information content (AvgIpc) is 2.66. The molecule has 2 atom stereocenters. The van der Waals surface area contributed by atoms with E-state index in [2.05, 4.69) is 6.92 Å². The molecule has 0 saturated carbocycles. The van der Waals surface area contributed by atoms with Crippen LogP contribution in [-0.4, -0.2) is 12.8 Å². The van der Waals surface area contributed by atoms with Crippen molar-refractivity contribution in [3.8, 4) is 11.1 Å². The van der Waals surface area contributed by atoms with E-state index in [1.54, 1.807) is 6.07 Å². The SMILES string of the molecule is CCCC1CCC(c2ccc(-c3cc(F)c(/C(F)=C/C(F)(F)F)c(F)c3)c(F)c2)OC1. The predicted molar refractivity (Wildman–Crippen MR) is 103 cm³/mol. The number of ether oxygens (including phenoxy) is 1. The maximum absolute atomic E-state index is 14.7. The maximum atomic E-state index is 14.7. The number of halogens is 7. The van der Waals surface area contributed by atoms with Gasteiger partial charge in [0.25, 0.3) is 0 Å². The monoisotopic (exact) mass is 446 g/mol. The molecule has 0 spiro atoms. The first-order chi connectivity index (χ1) is 14.6. The van der Waals surface area contributed by atoms with Crippen LogP contribution in [0.15, 0.2) is 36.4 Å². The van der Waals surface area contributed by atoms with Crippen molar-refractivity contribution in [2.24, 2.45) is 5.92 Å². The highest BCUT2D eigenvalue weighted by molar-refractivity contribution is 5.69. The van der Waals surface area contributed by atoms with Gasteiger partial charge >= 0.3 is 6.18 Å². The van der Waals surface area contributed by atoms with Gasteiger partial charge < -0.3 is 4.74 Å². The fourth-order valence-electron chi connectivity index (χ4n) is 3.84. The highest BCUT2D eigenvalue weighted by Gasteiger charge is 2.28. The Kier molecular flexibility index (Phi) is 7.09. The second-order valence-electron chi connectivity index (χ2n) is 7.64. The van der Waals surface area contributed by atoms with Crippen molar-refractivity contribution >= 4 is 5.83 Å². The summed E-state index contributed by atoms with van der Waals surface area (Å²) in [5.41, 5.74) is -1.27. The van der Waals surface area contributed by atoms with Crippen LogP contribution >= 0.6 is 0 Å². The van der Waals surface area contributed by atoms with Gasteiger partial charge in [0.05, 0.1) is 24.4 Å². The van der Waals surface area contributed by atoms with E-state index in [1.807, 2.05) is 0 Å². The predicted octanol–water partition coefficient (Wildman–Crippen LogP) is 7.91. The number of rotatable bonds is 5. The van der Waals surface area contributed by atoms with Crippen LogP contribution in [0.4, 0.5) is 30.7 Å². The lowest BCUT2D eigenvalue weighted by Gasteiger charge is -2.29. The number of benzene rings is 2. The van der Waals surface area contributed by atoms with Crippen LogP contribution in [0, 0.1) is 23.4 Å². The van der Waals surface area contributed by atoms with Crippen LogP contribution in [0.2, 0.25) is 0 Å². The third kappa shape index (κ3) is 5.67. The van der Waals surface area contributed by atoms with Crippen LogP contribution in [-0.2, 0) is 4.74 Å². The fraction of sp³-hybridized carbons (Fsp3) is 0.391. The molecule has 2 unspecified atom stereocenters. The zero-order valence-corrected chi connectivity index (χ0v) is 16.7. The highest BCUT2D eigenvalue weighted by atomic mass is 19.4. The molecule has 31 heavy (non-hydrogen) atoms. The standard InChI is InChI=1S/C23H21F7O/c1-2-3-13-4-7-21(31-12-13)14-5-6-16(17(24)8-14)15-9-18(25)22(19(26)10-15)20(27)11-23(28,29)30/h5-6,8-11,13,21H,2-4,7,12H2,1H3/b20-11-. The Morgan fingerprint density at radius 3 is 2.23 bits per heavy atom. The van der Waals surface area contributed by atoms with E-state index in [0.29, 0.717) is 30.2 Å². The van der Waals surface area contributed by atoms with Gasteiger partial charge in [-0.25, -0.2) is 17.6 Å². The van der Waals surface area contributed by atoms with Crippen molar-refractivity contribution in [3.63, 3.8) is 0 Å². The summed E-state index contributed by atoms with van der Waals surface area (Å²) >= 11 is 0. The Labute approximate surface area is 175 Å². The minimum Gasteiger partial charge on any atom is -0.373 e. The Balaban J connectivity index is 1.85. The molecule has 0 aliphatic carbocycles. The second-order valence-corrected chi connectivity index (χ2v) is 7.64. The van der Waals surface area contributed by atoms with Gasteiger partial charge in [-0.3, -0.25) is 0 Å². The molecule has 0 radical (unpaired) electrons. The van der Waals surface area contributed by atoms with E-state index in [4.69, 9.17) is 4.74 Å². The third-order valence-electron chi connectivity index (χ3n) is 5.31. The van der Waals surface area contributed by atoms with Gasteiger partial charge in [0.1, 0.15) is 23.3 Å². The summed E-state index contributed by atoms with van der Waals surface area (Å²) in [7, 11) is 0. The van der Waals surface area contributed by atoms with Gasteiger partial charge in [-0.05, 0) is 54.5 Å². The van der Waals surface area contributed by atoms with Crippen molar-refractivity contribution < 1.29 is 35.5 Å². The topological polar surface area (TPSA) is 9.23 Å². The van der Waals surface area contributed by atoms with Crippen molar-refractivity contribution in [2.45, 2.75) is 44.9 Å². The Hall–Kier alpha value is -2.35.